The van der Waals surface area contributed by atoms with E-state index in [0.717, 1.165) is 18.5 Å². The van der Waals surface area contributed by atoms with E-state index in [1.807, 2.05) is 24.7 Å². The minimum atomic E-state index is -0.610. The number of unbranched alkanes of at least 4 members (excludes halogenated alkanes) is 3. The lowest BCUT2D eigenvalue weighted by molar-refractivity contribution is -0.228. The summed E-state index contributed by atoms with van der Waals surface area (Å²) in [7, 11) is 1.63. The summed E-state index contributed by atoms with van der Waals surface area (Å²) in [5.41, 5.74) is 1.04. The molecule has 2 aliphatic heterocycles. The number of nitrogens with zero attached hydrogens (tertiary/aromatic N) is 3. The van der Waals surface area contributed by atoms with Crippen molar-refractivity contribution >= 4 is 0 Å². The molecule has 0 saturated carbocycles. The number of methoxy groups -OCH3 is 1. The summed E-state index contributed by atoms with van der Waals surface area (Å²) >= 11 is 0. The number of ether oxygens (including phenoxy) is 4. The Labute approximate surface area is 143 Å². The highest BCUT2D eigenvalue weighted by molar-refractivity contribution is 4.97. The first kappa shape index (κ1) is 17.8. The Morgan fingerprint density at radius 3 is 2.75 bits per heavy atom. The fourth-order valence-electron chi connectivity index (χ4n) is 3.44. The number of fused-ring (bicyclic) bond motifs is 1. The van der Waals surface area contributed by atoms with E-state index in [-0.39, 0.29) is 18.3 Å². The molecule has 2 aliphatic rings. The van der Waals surface area contributed by atoms with E-state index >= 15 is 0 Å². The van der Waals surface area contributed by atoms with E-state index in [1.165, 1.54) is 19.3 Å². The van der Waals surface area contributed by atoms with Gasteiger partial charge in [0.1, 0.15) is 18.3 Å². The normalized spacial score (nSPS) is 31.5. The molecule has 1 aromatic rings. The van der Waals surface area contributed by atoms with Gasteiger partial charge in [-0.3, -0.25) is 0 Å². The SMILES string of the molecule is CCCCCCc1cn(C[C@H]2O[C@@H](OC)[C@@H]3OC(C)(C)O[C@@H]32)nn1. The highest BCUT2D eigenvalue weighted by Gasteiger charge is 2.55. The third-order valence-electron chi connectivity index (χ3n) is 4.58. The Bertz CT molecular complexity index is 534. The first-order chi connectivity index (χ1) is 11.5. The van der Waals surface area contributed by atoms with Crippen molar-refractivity contribution in [2.75, 3.05) is 7.11 Å². The van der Waals surface area contributed by atoms with Gasteiger partial charge in [-0.2, -0.15) is 0 Å². The van der Waals surface area contributed by atoms with Crippen molar-refractivity contribution in [2.24, 2.45) is 0 Å². The van der Waals surface area contributed by atoms with Gasteiger partial charge in [0.05, 0.1) is 12.2 Å². The maximum absolute atomic E-state index is 6.00. The van der Waals surface area contributed by atoms with Crippen LogP contribution >= 0.6 is 0 Å². The molecule has 7 nitrogen and oxygen atoms in total. The Hall–Kier alpha value is -1.02. The van der Waals surface area contributed by atoms with Gasteiger partial charge in [-0.05, 0) is 26.7 Å². The van der Waals surface area contributed by atoms with E-state index in [0.29, 0.717) is 6.54 Å². The highest BCUT2D eigenvalue weighted by atomic mass is 16.8. The van der Waals surface area contributed by atoms with Crippen LogP contribution in [0.15, 0.2) is 6.20 Å². The minimum Gasteiger partial charge on any atom is -0.353 e. The Balaban J connectivity index is 1.57. The second-order valence-electron chi connectivity index (χ2n) is 7.09. The molecule has 7 heteroatoms. The molecule has 3 rings (SSSR count). The van der Waals surface area contributed by atoms with Gasteiger partial charge in [0.2, 0.25) is 0 Å². The maximum atomic E-state index is 6.00. The van der Waals surface area contributed by atoms with Crippen molar-refractivity contribution in [2.45, 2.75) is 89.8 Å². The molecule has 2 saturated heterocycles. The molecular weight excluding hydrogens is 310 g/mol. The number of aryl methyl sites for hydroxylation is 1. The molecule has 0 radical (unpaired) electrons. The number of rotatable bonds is 8. The average Bonchev–Trinajstić information content (AvgIpc) is 3.19. The van der Waals surface area contributed by atoms with Crippen LogP contribution in [0.3, 0.4) is 0 Å². The maximum Gasteiger partial charge on any atom is 0.186 e. The Kier molecular flexibility index (Phi) is 5.54. The lowest BCUT2D eigenvalue weighted by Gasteiger charge is -2.23. The molecule has 0 amide bonds. The van der Waals surface area contributed by atoms with Gasteiger partial charge in [0.25, 0.3) is 0 Å². The first-order valence-electron chi connectivity index (χ1n) is 8.95. The monoisotopic (exact) mass is 339 g/mol. The average molecular weight is 339 g/mol. The zero-order valence-corrected chi connectivity index (χ0v) is 15.1. The molecule has 24 heavy (non-hydrogen) atoms. The second kappa shape index (κ2) is 7.47. The van der Waals surface area contributed by atoms with Crippen LogP contribution in [-0.4, -0.2) is 52.5 Å². The Morgan fingerprint density at radius 2 is 2.00 bits per heavy atom. The van der Waals surface area contributed by atoms with E-state index in [9.17, 15) is 0 Å². The van der Waals surface area contributed by atoms with Crippen LogP contribution in [0.4, 0.5) is 0 Å². The molecule has 3 heterocycles. The van der Waals surface area contributed by atoms with Crippen molar-refractivity contribution in [1.29, 1.82) is 0 Å². The fourth-order valence-corrected chi connectivity index (χ4v) is 3.44. The predicted molar refractivity (Wildman–Crippen MR) is 87.4 cm³/mol. The number of aromatic nitrogens is 3. The smallest absolute Gasteiger partial charge is 0.186 e. The minimum absolute atomic E-state index is 0.151. The molecule has 0 bridgehead atoms. The molecular formula is C17H29N3O4. The van der Waals surface area contributed by atoms with E-state index in [4.69, 9.17) is 18.9 Å². The summed E-state index contributed by atoms with van der Waals surface area (Å²) in [4.78, 5) is 0. The van der Waals surface area contributed by atoms with Gasteiger partial charge in [0, 0.05) is 13.3 Å². The van der Waals surface area contributed by atoms with Crippen molar-refractivity contribution in [3.63, 3.8) is 0 Å². The van der Waals surface area contributed by atoms with Gasteiger partial charge in [-0.1, -0.05) is 31.4 Å². The molecule has 2 fully saturated rings. The van der Waals surface area contributed by atoms with Crippen molar-refractivity contribution < 1.29 is 18.9 Å². The summed E-state index contributed by atoms with van der Waals surface area (Å²) in [5, 5.41) is 8.49. The van der Waals surface area contributed by atoms with Crippen LogP contribution in [0.1, 0.15) is 52.1 Å². The van der Waals surface area contributed by atoms with E-state index < -0.39 is 12.1 Å². The predicted octanol–water partition coefficient (Wildman–Crippen LogP) is 2.29. The van der Waals surface area contributed by atoms with Crippen LogP contribution in [0.5, 0.6) is 0 Å². The number of hydrogen-bond acceptors (Lipinski definition) is 6. The van der Waals surface area contributed by atoms with Gasteiger partial charge >= 0.3 is 0 Å². The van der Waals surface area contributed by atoms with Crippen molar-refractivity contribution in [3.8, 4) is 0 Å². The van der Waals surface area contributed by atoms with Crippen molar-refractivity contribution in [1.82, 2.24) is 15.0 Å². The Morgan fingerprint density at radius 1 is 1.21 bits per heavy atom. The topological polar surface area (TPSA) is 67.6 Å². The van der Waals surface area contributed by atoms with Gasteiger partial charge < -0.3 is 18.9 Å². The summed E-state index contributed by atoms with van der Waals surface area (Å²) < 4.78 is 25.1. The molecule has 1 aromatic heterocycles. The van der Waals surface area contributed by atoms with Gasteiger partial charge in [-0.25, -0.2) is 4.68 Å². The lowest BCUT2D eigenvalue weighted by Crippen LogP contribution is -2.33. The molecule has 136 valence electrons. The van der Waals surface area contributed by atoms with Crippen LogP contribution in [0.2, 0.25) is 0 Å². The molecule has 4 atom stereocenters. The zero-order chi connectivity index (χ0) is 17.2. The van der Waals surface area contributed by atoms with Crippen LogP contribution in [0.25, 0.3) is 0 Å². The molecule has 0 aromatic carbocycles. The van der Waals surface area contributed by atoms with E-state index in [2.05, 4.69) is 17.2 Å². The van der Waals surface area contributed by atoms with Crippen LogP contribution in [0, 0.1) is 0 Å². The summed E-state index contributed by atoms with van der Waals surface area (Å²) in [5.74, 6) is -0.610. The van der Waals surface area contributed by atoms with Crippen molar-refractivity contribution in [3.05, 3.63) is 11.9 Å². The summed E-state index contributed by atoms with van der Waals surface area (Å²) in [6.07, 6.45) is 7.00. The number of hydrogen-bond donors (Lipinski definition) is 0. The van der Waals surface area contributed by atoms with Gasteiger partial charge in [0.15, 0.2) is 12.1 Å². The fraction of sp³-hybridized carbons (Fsp3) is 0.882. The molecule has 0 spiro atoms. The zero-order valence-electron chi connectivity index (χ0n) is 15.1. The largest absolute Gasteiger partial charge is 0.353 e. The summed E-state index contributed by atoms with van der Waals surface area (Å²) in [6.45, 7) is 6.63. The lowest BCUT2D eigenvalue weighted by atomic mass is 10.1. The third-order valence-corrected chi connectivity index (χ3v) is 4.58. The second-order valence-corrected chi connectivity index (χ2v) is 7.09. The molecule has 0 unspecified atom stereocenters. The summed E-state index contributed by atoms with van der Waals surface area (Å²) in [6, 6.07) is 0. The standard InChI is InChI=1S/C17H29N3O4/c1-5-6-7-8-9-12-10-20(19-18-12)11-13-14-15(16(21-4)22-13)24-17(2,3)23-14/h10,13-16H,5-9,11H2,1-4H3/t13-,14-,15-,16-/m1/s1. The third kappa shape index (κ3) is 3.96. The molecule has 0 N–H and O–H groups in total. The molecule has 0 aliphatic carbocycles. The quantitative estimate of drug-likeness (QED) is 0.677. The van der Waals surface area contributed by atoms with Gasteiger partial charge in [-0.15, -0.1) is 5.10 Å². The van der Waals surface area contributed by atoms with Crippen LogP contribution < -0.4 is 0 Å². The first-order valence-corrected chi connectivity index (χ1v) is 8.95. The van der Waals surface area contributed by atoms with E-state index in [1.54, 1.807) is 7.11 Å². The highest BCUT2D eigenvalue weighted by Crippen LogP contribution is 2.39. The van der Waals surface area contributed by atoms with Crippen LogP contribution in [-0.2, 0) is 31.9 Å².